The van der Waals surface area contributed by atoms with Crippen LogP contribution in [0.15, 0.2) is 97.1 Å². The molecule has 8 nitrogen and oxygen atoms in total. The molecule has 4 aromatic rings. The van der Waals surface area contributed by atoms with Crippen LogP contribution in [-0.2, 0) is 11.4 Å². The number of halogens is 2. The Bertz CT molecular complexity index is 1510. The Morgan fingerprint density at radius 2 is 1.53 bits per heavy atom. The van der Waals surface area contributed by atoms with Crippen LogP contribution in [0.1, 0.15) is 24.1 Å². The number of para-hydroxylation sites is 2. The van der Waals surface area contributed by atoms with Crippen molar-refractivity contribution in [2.45, 2.75) is 32.2 Å². The van der Waals surface area contributed by atoms with E-state index in [1.807, 2.05) is 72.5 Å². The maximum atomic E-state index is 14.9. The summed E-state index contributed by atoms with van der Waals surface area (Å²) in [6, 6.07) is 28.0. The van der Waals surface area contributed by atoms with Gasteiger partial charge in [-0.25, -0.2) is 14.2 Å². The lowest BCUT2D eigenvalue weighted by Crippen LogP contribution is -2.49. The first-order valence-electron chi connectivity index (χ1n) is 13.8. The Labute approximate surface area is 255 Å². The number of benzene rings is 4. The molecule has 0 spiro atoms. The maximum Gasteiger partial charge on any atom is 0.231 e. The molecule has 0 aliphatic carbocycles. The van der Waals surface area contributed by atoms with Gasteiger partial charge in [0.1, 0.15) is 35.4 Å². The number of rotatable bonds is 12. The highest BCUT2D eigenvalue weighted by Gasteiger charge is 2.46. The summed E-state index contributed by atoms with van der Waals surface area (Å²) in [6.45, 7) is 2.21. The zero-order valence-corrected chi connectivity index (χ0v) is 24.6. The molecule has 3 unspecified atom stereocenters. The standard InChI is InChI=1S/C33H33ClFN3O5/c1-22(28-17-23(35)18-30(34)29(28)21-41-25-15-13-24(40-2)14-16-25)37-20-32(42-26-9-5-3-6-10-26)38(19-31(36)39)33(37)43-27-11-7-4-8-12-27/h3-18,22,32-33H,19-21H2,1-2H3,(H2,36,39). The highest BCUT2D eigenvalue weighted by Crippen LogP contribution is 2.37. The van der Waals surface area contributed by atoms with Crippen LogP contribution in [0.25, 0.3) is 0 Å². The molecule has 43 heavy (non-hydrogen) atoms. The van der Waals surface area contributed by atoms with Gasteiger partial charge >= 0.3 is 0 Å². The number of hydrogen-bond acceptors (Lipinski definition) is 7. The molecule has 4 aromatic carbocycles. The van der Waals surface area contributed by atoms with E-state index >= 15 is 0 Å². The molecule has 3 atom stereocenters. The average Bonchev–Trinajstić information content (AvgIpc) is 3.32. The van der Waals surface area contributed by atoms with E-state index in [4.69, 9.17) is 36.3 Å². The van der Waals surface area contributed by atoms with Gasteiger partial charge in [0.25, 0.3) is 0 Å². The lowest BCUT2D eigenvalue weighted by Gasteiger charge is -2.34. The smallest absolute Gasteiger partial charge is 0.231 e. The molecule has 0 aromatic heterocycles. The van der Waals surface area contributed by atoms with Crippen molar-refractivity contribution in [1.29, 1.82) is 0 Å². The predicted octanol–water partition coefficient (Wildman–Crippen LogP) is 6.00. The second kappa shape index (κ2) is 13.8. The molecule has 1 heterocycles. The Hall–Kier alpha value is -4.31. The zero-order valence-electron chi connectivity index (χ0n) is 23.9. The largest absolute Gasteiger partial charge is 0.497 e. The zero-order chi connectivity index (χ0) is 30.3. The minimum absolute atomic E-state index is 0.0953. The molecule has 1 saturated heterocycles. The number of nitrogens with zero attached hydrogens (tertiary/aromatic N) is 2. The molecule has 0 radical (unpaired) electrons. The average molecular weight is 606 g/mol. The van der Waals surface area contributed by atoms with E-state index in [0.29, 0.717) is 40.7 Å². The molecule has 1 aliphatic rings. The van der Waals surface area contributed by atoms with Crippen molar-refractivity contribution in [3.05, 3.63) is 119 Å². The van der Waals surface area contributed by atoms with Gasteiger partial charge in [-0.15, -0.1) is 0 Å². The number of amides is 1. The van der Waals surface area contributed by atoms with Crippen molar-refractivity contribution in [1.82, 2.24) is 9.80 Å². The van der Waals surface area contributed by atoms with Gasteiger partial charge in [-0.1, -0.05) is 48.0 Å². The number of hydrogen-bond donors (Lipinski definition) is 1. The van der Waals surface area contributed by atoms with E-state index in [1.165, 1.54) is 12.1 Å². The topological polar surface area (TPSA) is 86.5 Å². The van der Waals surface area contributed by atoms with Gasteiger partial charge < -0.3 is 24.7 Å². The summed E-state index contributed by atoms with van der Waals surface area (Å²) in [6.07, 6.45) is -1.38. The van der Waals surface area contributed by atoms with E-state index < -0.39 is 30.3 Å². The Morgan fingerprint density at radius 3 is 2.14 bits per heavy atom. The number of ether oxygens (including phenoxy) is 4. The van der Waals surface area contributed by atoms with Crippen molar-refractivity contribution >= 4 is 17.5 Å². The summed E-state index contributed by atoms with van der Waals surface area (Å²) in [7, 11) is 1.59. The summed E-state index contributed by atoms with van der Waals surface area (Å²) in [5.41, 5.74) is 6.93. The minimum Gasteiger partial charge on any atom is -0.497 e. The monoisotopic (exact) mass is 605 g/mol. The fraction of sp³-hybridized carbons (Fsp3) is 0.242. The summed E-state index contributed by atoms with van der Waals surface area (Å²) in [4.78, 5) is 16.0. The second-order valence-corrected chi connectivity index (χ2v) is 10.5. The molecule has 1 fully saturated rings. The fourth-order valence-electron chi connectivity index (χ4n) is 5.09. The first-order chi connectivity index (χ1) is 20.8. The number of carbonyl (C=O) groups excluding carboxylic acids is 1. The van der Waals surface area contributed by atoms with Crippen molar-refractivity contribution in [2.75, 3.05) is 20.2 Å². The molecule has 10 heteroatoms. The van der Waals surface area contributed by atoms with E-state index in [-0.39, 0.29) is 18.2 Å². The van der Waals surface area contributed by atoms with Crippen LogP contribution in [0.4, 0.5) is 4.39 Å². The second-order valence-electron chi connectivity index (χ2n) is 10.1. The third-order valence-corrected chi connectivity index (χ3v) is 7.56. The Balaban J connectivity index is 1.49. The third kappa shape index (κ3) is 7.37. The van der Waals surface area contributed by atoms with E-state index in [9.17, 15) is 9.18 Å². The van der Waals surface area contributed by atoms with E-state index in [2.05, 4.69) is 0 Å². The van der Waals surface area contributed by atoms with Crippen LogP contribution in [0.2, 0.25) is 5.02 Å². The summed E-state index contributed by atoms with van der Waals surface area (Å²) >= 11 is 6.61. The van der Waals surface area contributed by atoms with Crippen LogP contribution in [0.5, 0.6) is 23.0 Å². The molecular formula is C33H33ClFN3O5. The molecule has 0 saturated carbocycles. The van der Waals surface area contributed by atoms with Gasteiger partial charge in [0.2, 0.25) is 12.3 Å². The highest BCUT2D eigenvalue weighted by molar-refractivity contribution is 6.31. The fourth-order valence-corrected chi connectivity index (χ4v) is 5.36. The highest BCUT2D eigenvalue weighted by atomic mass is 35.5. The molecule has 2 N–H and O–H groups in total. The van der Waals surface area contributed by atoms with Crippen LogP contribution in [0, 0.1) is 5.82 Å². The minimum atomic E-state index is -0.781. The molecule has 0 bridgehead atoms. The quantitative estimate of drug-likeness (QED) is 0.212. The number of methoxy groups -OCH3 is 1. The molecule has 1 amide bonds. The first kappa shape index (κ1) is 30.2. The van der Waals surface area contributed by atoms with Crippen molar-refractivity contribution in [2.24, 2.45) is 5.73 Å². The summed E-state index contributed by atoms with van der Waals surface area (Å²) in [5.74, 6) is 1.49. The lowest BCUT2D eigenvalue weighted by molar-refractivity contribution is -0.128. The van der Waals surface area contributed by atoms with Crippen LogP contribution in [-0.4, -0.2) is 48.5 Å². The normalized spacial score (nSPS) is 17.8. The Morgan fingerprint density at radius 1 is 0.930 bits per heavy atom. The van der Waals surface area contributed by atoms with Gasteiger partial charge in [0.15, 0.2) is 6.23 Å². The van der Waals surface area contributed by atoms with Crippen LogP contribution < -0.4 is 24.7 Å². The lowest BCUT2D eigenvalue weighted by atomic mass is 10.00. The summed E-state index contributed by atoms with van der Waals surface area (Å²) < 4.78 is 38.9. The van der Waals surface area contributed by atoms with Gasteiger partial charge in [0.05, 0.1) is 25.2 Å². The van der Waals surface area contributed by atoms with Gasteiger partial charge in [-0.2, -0.15) is 0 Å². The van der Waals surface area contributed by atoms with Gasteiger partial charge in [-0.3, -0.25) is 4.79 Å². The SMILES string of the molecule is COc1ccc(OCc2c(Cl)cc(F)cc2C(C)N2CC(Oc3ccccc3)N(CC(N)=O)C2Oc2ccccc2)cc1. The van der Waals surface area contributed by atoms with Crippen molar-refractivity contribution in [3.63, 3.8) is 0 Å². The predicted molar refractivity (Wildman–Crippen MR) is 161 cm³/mol. The van der Waals surface area contributed by atoms with E-state index in [0.717, 1.165) is 0 Å². The van der Waals surface area contributed by atoms with Crippen molar-refractivity contribution in [3.8, 4) is 23.0 Å². The maximum absolute atomic E-state index is 14.9. The first-order valence-corrected chi connectivity index (χ1v) is 14.2. The van der Waals surface area contributed by atoms with Gasteiger partial charge in [-0.05, 0) is 73.2 Å². The molecular weight excluding hydrogens is 573 g/mol. The molecule has 5 rings (SSSR count). The van der Waals surface area contributed by atoms with Gasteiger partial charge in [0, 0.05) is 11.6 Å². The number of primary amides is 1. The van der Waals surface area contributed by atoms with E-state index in [1.54, 1.807) is 36.3 Å². The Kier molecular flexibility index (Phi) is 9.66. The molecule has 224 valence electrons. The van der Waals surface area contributed by atoms with Crippen LogP contribution in [0.3, 0.4) is 0 Å². The molecule has 1 aliphatic heterocycles. The number of carbonyl (C=O) groups is 1. The van der Waals surface area contributed by atoms with Crippen LogP contribution >= 0.6 is 11.6 Å². The van der Waals surface area contributed by atoms with Crippen molar-refractivity contribution < 1.29 is 28.1 Å². The summed E-state index contributed by atoms with van der Waals surface area (Å²) in [5, 5.41) is 0.237. The number of nitrogens with two attached hydrogens (primary N) is 1. The third-order valence-electron chi connectivity index (χ3n) is 7.23.